The second-order valence-corrected chi connectivity index (χ2v) is 6.82. The quantitative estimate of drug-likeness (QED) is 0.764. The second kappa shape index (κ2) is 5.28. The SMILES string of the molecule is O=C(NCC1(CO)CCCCC1)C1CC2C=CC1C2. The molecule has 0 aromatic carbocycles. The van der Waals surface area contributed by atoms with Crippen LogP contribution < -0.4 is 5.32 Å². The molecule has 3 nitrogen and oxygen atoms in total. The molecule has 0 aliphatic heterocycles. The Hall–Kier alpha value is -0.830. The van der Waals surface area contributed by atoms with Gasteiger partial charge in [-0.15, -0.1) is 0 Å². The normalized spacial score (nSPS) is 35.5. The van der Waals surface area contributed by atoms with Gasteiger partial charge in [0.05, 0.1) is 6.61 Å². The number of amides is 1. The predicted molar refractivity (Wildman–Crippen MR) is 74.5 cm³/mol. The van der Waals surface area contributed by atoms with Gasteiger partial charge in [-0.05, 0) is 37.5 Å². The second-order valence-electron chi connectivity index (χ2n) is 6.82. The number of hydrogen-bond donors (Lipinski definition) is 2. The van der Waals surface area contributed by atoms with Crippen LogP contribution in [0, 0.1) is 23.2 Å². The van der Waals surface area contributed by atoms with E-state index in [1.54, 1.807) is 0 Å². The van der Waals surface area contributed by atoms with Gasteiger partial charge in [-0.25, -0.2) is 0 Å². The van der Waals surface area contributed by atoms with Gasteiger partial charge < -0.3 is 10.4 Å². The highest BCUT2D eigenvalue weighted by Gasteiger charge is 2.40. The van der Waals surface area contributed by atoms with Crippen molar-refractivity contribution >= 4 is 5.91 Å². The molecule has 3 rings (SSSR count). The molecule has 0 aromatic heterocycles. The van der Waals surface area contributed by atoms with Crippen molar-refractivity contribution in [3.05, 3.63) is 12.2 Å². The highest BCUT2D eigenvalue weighted by molar-refractivity contribution is 5.80. The predicted octanol–water partition coefficient (Wildman–Crippen LogP) is 2.26. The smallest absolute Gasteiger partial charge is 0.223 e. The van der Waals surface area contributed by atoms with Crippen molar-refractivity contribution in [1.29, 1.82) is 0 Å². The van der Waals surface area contributed by atoms with E-state index in [2.05, 4.69) is 17.5 Å². The van der Waals surface area contributed by atoms with Crippen LogP contribution in [0.15, 0.2) is 12.2 Å². The van der Waals surface area contributed by atoms with Gasteiger partial charge in [0, 0.05) is 17.9 Å². The Bertz CT molecular complexity index is 371. The number of aliphatic hydroxyl groups excluding tert-OH is 1. The van der Waals surface area contributed by atoms with Crippen molar-refractivity contribution in [2.45, 2.75) is 44.9 Å². The average molecular weight is 263 g/mol. The van der Waals surface area contributed by atoms with Crippen molar-refractivity contribution in [3.63, 3.8) is 0 Å². The average Bonchev–Trinajstić information content (AvgIpc) is 3.08. The largest absolute Gasteiger partial charge is 0.396 e. The number of hydrogen-bond acceptors (Lipinski definition) is 2. The van der Waals surface area contributed by atoms with Crippen LogP contribution in [0.25, 0.3) is 0 Å². The molecular weight excluding hydrogens is 238 g/mol. The molecule has 3 aliphatic rings. The third-order valence-electron chi connectivity index (χ3n) is 5.50. The molecule has 1 amide bonds. The summed E-state index contributed by atoms with van der Waals surface area (Å²) in [6.07, 6.45) is 12.4. The summed E-state index contributed by atoms with van der Waals surface area (Å²) in [6, 6.07) is 0. The van der Waals surface area contributed by atoms with Gasteiger partial charge in [0.2, 0.25) is 5.91 Å². The summed E-state index contributed by atoms with van der Waals surface area (Å²) in [7, 11) is 0. The fourth-order valence-electron chi connectivity index (χ4n) is 4.18. The molecule has 2 N–H and O–H groups in total. The van der Waals surface area contributed by atoms with Crippen LogP contribution in [0.3, 0.4) is 0 Å². The maximum Gasteiger partial charge on any atom is 0.223 e. The van der Waals surface area contributed by atoms with Gasteiger partial charge in [0.1, 0.15) is 0 Å². The third-order valence-corrected chi connectivity index (χ3v) is 5.50. The molecule has 2 bridgehead atoms. The van der Waals surface area contributed by atoms with Crippen LogP contribution in [-0.2, 0) is 4.79 Å². The first-order valence-corrected chi connectivity index (χ1v) is 7.79. The van der Waals surface area contributed by atoms with E-state index in [9.17, 15) is 9.90 Å². The van der Waals surface area contributed by atoms with Crippen LogP contribution in [0.1, 0.15) is 44.9 Å². The van der Waals surface area contributed by atoms with Crippen LogP contribution in [-0.4, -0.2) is 24.2 Å². The van der Waals surface area contributed by atoms with E-state index >= 15 is 0 Å². The van der Waals surface area contributed by atoms with Gasteiger partial charge in [-0.2, -0.15) is 0 Å². The lowest BCUT2D eigenvalue weighted by Gasteiger charge is -2.36. The molecule has 3 atom stereocenters. The Morgan fingerprint density at radius 1 is 1.21 bits per heavy atom. The summed E-state index contributed by atoms with van der Waals surface area (Å²) < 4.78 is 0. The number of rotatable bonds is 4. The van der Waals surface area contributed by atoms with Gasteiger partial charge in [-0.3, -0.25) is 4.79 Å². The fourth-order valence-corrected chi connectivity index (χ4v) is 4.18. The zero-order valence-electron chi connectivity index (χ0n) is 11.6. The van der Waals surface area contributed by atoms with Crippen molar-refractivity contribution < 1.29 is 9.90 Å². The van der Waals surface area contributed by atoms with E-state index < -0.39 is 0 Å². The molecule has 0 heterocycles. The van der Waals surface area contributed by atoms with Crippen molar-refractivity contribution in [2.24, 2.45) is 23.2 Å². The first-order chi connectivity index (χ1) is 9.22. The van der Waals surface area contributed by atoms with Gasteiger partial charge in [-0.1, -0.05) is 31.4 Å². The minimum atomic E-state index is -0.0403. The van der Waals surface area contributed by atoms with Crippen molar-refractivity contribution in [2.75, 3.05) is 13.2 Å². The molecule has 2 fully saturated rings. The molecular formula is C16H25NO2. The van der Waals surface area contributed by atoms with E-state index in [-0.39, 0.29) is 23.8 Å². The van der Waals surface area contributed by atoms with E-state index in [4.69, 9.17) is 0 Å². The third kappa shape index (κ3) is 2.58. The summed E-state index contributed by atoms with van der Waals surface area (Å²) >= 11 is 0. The first-order valence-electron chi connectivity index (χ1n) is 7.79. The summed E-state index contributed by atoms with van der Waals surface area (Å²) in [5.41, 5.74) is -0.0403. The molecule has 3 unspecified atom stereocenters. The fraction of sp³-hybridized carbons (Fsp3) is 0.812. The number of nitrogens with one attached hydrogen (secondary N) is 1. The molecule has 0 aromatic rings. The molecule has 0 spiro atoms. The summed E-state index contributed by atoms with van der Waals surface area (Å²) in [4.78, 5) is 12.3. The van der Waals surface area contributed by atoms with Gasteiger partial charge in [0.15, 0.2) is 0 Å². The Morgan fingerprint density at radius 3 is 2.58 bits per heavy atom. The molecule has 2 saturated carbocycles. The number of carbonyl (C=O) groups is 1. The van der Waals surface area contributed by atoms with Crippen LogP contribution in [0.2, 0.25) is 0 Å². The Balaban J connectivity index is 1.53. The highest BCUT2D eigenvalue weighted by Crippen LogP contribution is 2.43. The number of fused-ring (bicyclic) bond motifs is 2. The summed E-state index contributed by atoms with van der Waals surface area (Å²) in [5, 5.41) is 12.8. The maximum atomic E-state index is 12.3. The molecule has 3 heteroatoms. The highest BCUT2D eigenvalue weighted by atomic mass is 16.3. The summed E-state index contributed by atoms with van der Waals surface area (Å²) in [5.74, 6) is 1.52. The minimum Gasteiger partial charge on any atom is -0.396 e. The van der Waals surface area contributed by atoms with Crippen LogP contribution in [0.5, 0.6) is 0 Å². The topological polar surface area (TPSA) is 49.3 Å². The zero-order valence-corrected chi connectivity index (χ0v) is 11.6. The van der Waals surface area contributed by atoms with Gasteiger partial charge in [0.25, 0.3) is 0 Å². The van der Waals surface area contributed by atoms with E-state index in [1.807, 2.05) is 0 Å². The maximum absolute atomic E-state index is 12.3. The summed E-state index contributed by atoms with van der Waals surface area (Å²) in [6.45, 7) is 0.879. The Labute approximate surface area is 115 Å². The van der Waals surface area contributed by atoms with Gasteiger partial charge >= 0.3 is 0 Å². The molecule has 0 radical (unpaired) electrons. The lowest BCUT2D eigenvalue weighted by atomic mass is 9.74. The number of allylic oxidation sites excluding steroid dienone is 2. The molecule has 3 aliphatic carbocycles. The Morgan fingerprint density at radius 2 is 2.00 bits per heavy atom. The number of carbonyl (C=O) groups excluding carboxylic acids is 1. The molecule has 0 saturated heterocycles. The monoisotopic (exact) mass is 263 g/mol. The standard InChI is InChI=1S/C16H25NO2/c18-11-16(6-2-1-3-7-16)10-17-15(19)14-9-12-4-5-13(14)8-12/h4-5,12-14,18H,1-3,6-11H2,(H,17,19). The zero-order chi connectivity index (χ0) is 13.3. The van der Waals surface area contributed by atoms with E-state index in [0.717, 1.165) is 19.3 Å². The molecule has 106 valence electrons. The lowest BCUT2D eigenvalue weighted by Crippen LogP contribution is -2.43. The Kier molecular flexibility index (Phi) is 3.66. The van der Waals surface area contributed by atoms with E-state index in [1.165, 1.54) is 25.7 Å². The van der Waals surface area contributed by atoms with Crippen molar-refractivity contribution in [3.8, 4) is 0 Å². The van der Waals surface area contributed by atoms with E-state index in [0.29, 0.717) is 18.4 Å². The van der Waals surface area contributed by atoms with Crippen LogP contribution in [0.4, 0.5) is 0 Å². The first kappa shape index (κ1) is 13.2. The molecule has 19 heavy (non-hydrogen) atoms. The number of aliphatic hydroxyl groups is 1. The minimum absolute atomic E-state index is 0.0403. The van der Waals surface area contributed by atoms with Crippen LogP contribution >= 0.6 is 0 Å². The van der Waals surface area contributed by atoms with Crippen molar-refractivity contribution in [1.82, 2.24) is 5.32 Å². The lowest BCUT2D eigenvalue weighted by molar-refractivity contribution is -0.126.